The van der Waals surface area contributed by atoms with Crippen LogP contribution in [0.2, 0.25) is 0 Å². The molecule has 8 nitrogen and oxygen atoms in total. The number of rotatable bonds is 25. The van der Waals surface area contributed by atoms with Gasteiger partial charge >= 0.3 is 71.1 Å². The number of unbranched alkanes of at least 4 members (excludes halogenated alkanes) is 14. The van der Waals surface area contributed by atoms with Gasteiger partial charge in [-0.1, -0.05) is 96.8 Å². The Balaban J connectivity index is -0.000000907. The van der Waals surface area contributed by atoms with Crippen molar-refractivity contribution < 1.29 is 91.3 Å². The predicted molar refractivity (Wildman–Crippen MR) is 137 cm³/mol. The third kappa shape index (κ3) is 28.9. The molecule has 1 atom stereocenters. The summed E-state index contributed by atoms with van der Waals surface area (Å²) < 4.78 is 5.13. The van der Waals surface area contributed by atoms with E-state index < -0.39 is 24.8 Å². The average molecular weight is 535 g/mol. The van der Waals surface area contributed by atoms with Gasteiger partial charge in [0.05, 0.1) is 6.54 Å². The normalized spacial score (nSPS) is 11.4. The van der Waals surface area contributed by atoms with Crippen LogP contribution in [0.25, 0.3) is 0 Å². The molecule has 0 spiro atoms. The summed E-state index contributed by atoms with van der Waals surface area (Å²) in [6.07, 6.45) is 19.1. The van der Waals surface area contributed by atoms with E-state index in [2.05, 4.69) is 12.2 Å². The fourth-order valence-electron chi connectivity index (χ4n) is 3.94. The number of hydrogen-bond acceptors (Lipinski definition) is 5. The van der Waals surface area contributed by atoms with Crippen LogP contribution in [0.3, 0.4) is 0 Å². The second kappa shape index (κ2) is 29.9. The molecular formula is C26H52N2Na2O6. The molecular weight excluding hydrogens is 482 g/mol. The second-order valence-electron chi connectivity index (χ2n) is 9.22. The van der Waals surface area contributed by atoms with Crippen LogP contribution in [0, 0.1) is 0 Å². The van der Waals surface area contributed by atoms with E-state index >= 15 is 0 Å². The summed E-state index contributed by atoms with van der Waals surface area (Å²) in [6, 6.07) is 0. The molecule has 0 aromatic heterocycles. The number of carboxylic acid groups (broad SMARTS) is 2. The van der Waals surface area contributed by atoms with Crippen molar-refractivity contribution >= 4 is 17.8 Å². The van der Waals surface area contributed by atoms with Gasteiger partial charge < -0.3 is 23.1 Å². The predicted octanol–water partition coefficient (Wildman–Crippen LogP) is -0.569. The number of nitrogens with zero attached hydrogens (tertiary/aromatic N) is 1. The van der Waals surface area contributed by atoms with Crippen molar-refractivity contribution in [1.29, 1.82) is 0 Å². The maximum Gasteiger partial charge on any atom is 1.00 e. The molecule has 0 aliphatic heterocycles. The SMILES string of the molecule is CCCCCCCCCCCCCCCCCC(=O)NCCN(CC(=O)O)C(C)OCC(=O)O.[H-].[H-].[Na+].[Na+]. The van der Waals surface area contributed by atoms with Gasteiger partial charge in [0, 0.05) is 19.5 Å². The monoisotopic (exact) mass is 534 g/mol. The van der Waals surface area contributed by atoms with Crippen molar-refractivity contribution in [2.24, 2.45) is 0 Å². The first-order valence-electron chi connectivity index (χ1n) is 13.4. The fourth-order valence-corrected chi connectivity index (χ4v) is 3.94. The molecule has 204 valence electrons. The van der Waals surface area contributed by atoms with E-state index in [4.69, 9.17) is 14.9 Å². The molecule has 0 fully saturated rings. The van der Waals surface area contributed by atoms with Crippen LogP contribution >= 0.6 is 0 Å². The number of hydrogen-bond donors (Lipinski definition) is 3. The Hall–Kier alpha value is 0.330. The summed E-state index contributed by atoms with van der Waals surface area (Å²) in [6.45, 7) is 3.65. The minimum absolute atomic E-state index is 0. The van der Waals surface area contributed by atoms with Gasteiger partial charge in [-0.2, -0.15) is 0 Å². The van der Waals surface area contributed by atoms with E-state index in [0.29, 0.717) is 13.0 Å². The Bertz CT molecular complexity index is 552. The molecule has 0 aromatic rings. The van der Waals surface area contributed by atoms with Gasteiger partial charge in [-0.3, -0.25) is 14.5 Å². The van der Waals surface area contributed by atoms with E-state index in [9.17, 15) is 14.4 Å². The first kappa shape index (κ1) is 40.8. The van der Waals surface area contributed by atoms with Crippen LogP contribution in [0.15, 0.2) is 0 Å². The van der Waals surface area contributed by atoms with Gasteiger partial charge in [0.1, 0.15) is 12.8 Å². The Morgan fingerprint density at radius 1 is 0.778 bits per heavy atom. The van der Waals surface area contributed by atoms with E-state index in [1.54, 1.807) is 6.92 Å². The second-order valence-corrected chi connectivity index (χ2v) is 9.22. The zero-order valence-electron chi connectivity index (χ0n) is 25.7. The maximum absolute atomic E-state index is 12.0. The van der Waals surface area contributed by atoms with Gasteiger partial charge in [-0.15, -0.1) is 0 Å². The molecule has 0 radical (unpaired) electrons. The van der Waals surface area contributed by atoms with Crippen LogP contribution in [0.1, 0.15) is 119 Å². The number of amides is 1. The van der Waals surface area contributed by atoms with Gasteiger partial charge in [-0.25, -0.2) is 4.79 Å². The van der Waals surface area contributed by atoms with E-state index in [0.717, 1.165) is 19.3 Å². The summed E-state index contributed by atoms with van der Waals surface area (Å²) in [5, 5.41) is 20.5. The molecule has 3 N–H and O–H groups in total. The first-order valence-corrected chi connectivity index (χ1v) is 13.4. The number of carbonyl (C=O) groups is 3. The molecule has 0 bridgehead atoms. The van der Waals surface area contributed by atoms with Crippen LogP contribution < -0.4 is 64.4 Å². The summed E-state index contributed by atoms with van der Waals surface area (Å²) >= 11 is 0. The van der Waals surface area contributed by atoms with Crippen LogP contribution in [0.5, 0.6) is 0 Å². The van der Waals surface area contributed by atoms with Crippen LogP contribution in [-0.4, -0.2) is 65.4 Å². The van der Waals surface area contributed by atoms with Gasteiger partial charge in [0.15, 0.2) is 0 Å². The third-order valence-corrected chi connectivity index (χ3v) is 6.03. The zero-order chi connectivity index (χ0) is 25.4. The van der Waals surface area contributed by atoms with Crippen molar-refractivity contribution in [3.8, 4) is 0 Å². The Kier molecular flexibility index (Phi) is 33.9. The zero-order valence-corrected chi connectivity index (χ0v) is 27.7. The Morgan fingerprint density at radius 3 is 1.64 bits per heavy atom. The number of ether oxygens (including phenoxy) is 1. The smallest absolute Gasteiger partial charge is 1.00 e. The van der Waals surface area contributed by atoms with Gasteiger partial charge in [0.25, 0.3) is 0 Å². The average Bonchev–Trinajstić information content (AvgIpc) is 2.79. The van der Waals surface area contributed by atoms with Crippen molar-refractivity contribution in [1.82, 2.24) is 10.2 Å². The molecule has 1 amide bonds. The standard InChI is InChI=1S/C26H50N2O6.2Na.2H/c1-3-4-5-6-7-8-9-10-11-12-13-14-15-16-17-18-24(29)27-19-20-28(21-25(30)31)23(2)34-22-26(32)33;;;;/h23H,3-22H2,1-2H3,(H,27,29)(H,30,31)(H,32,33);;;;/q;2*+1;2*-1. The molecule has 0 aliphatic carbocycles. The summed E-state index contributed by atoms with van der Waals surface area (Å²) in [5.41, 5.74) is 0. The minimum Gasteiger partial charge on any atom is -1.00 e. The third-order valence-electron chi connectivity index (χ3n) is 6.03. The quantitative estimate of drug-likeness (QED) is 0.0816. The van der Waals surface area contributed by atoms with Crippen LogP contribution in [-0.2, 0) is 19.1 Å². The largest absolute Gasteiger partial charge is 1.00 e. The minimum atomic E-state index is -1.11. The molecule has 0 heterocycles. The van der Waals surface area contributed by atoms with Gasteiger partial charge in [0.2, 0.25) is 5.91 Å². The summed E-state index contributed by atoms with van der Waals surface area (Å²) in [7, 11) is 0. The molecule has 0 rings (SSSR count). The Labute approximate surface area is 266 Å². The van der Waals surface area contributed by atoms with Crippen LogP contribution in [0.4, 0.5) is 0 Å². The number of carboxylic acids is 2. The van der Waals surface area contributed by atoms with Gasteiger partial charge in [-0.05, 0) is 13.3 Å². The van der Waals surface area contributed by atoms with E-state index in [1.165, 1.54) is 81.9 Å². The van der Waals surface area contributed by atoms with Crippen molar-refractivity contribution in [2.45, 2.75) is 123 Å². The molecule has 0 saturated carbocycles. The molecule has 1 unspecified atom stereocenters. The van der Waals surface area contributed by atoms with Crippen molar-refractivity contribution in [2.75, 3.05) is 26.2 Å². The molecule has 0 aromatic carbocycles. The van der Waals surface area contributed by atoms with E-state index in [-0.39, 0.29) is 81.0 Å². The topological polar surface area (TPSA) is 116 Å². The molecule has 0 saturated heterocycles. The van der Waals surface area contributed by atoms with Crippen molar-refractivity contribution in [3.63, 3.8) is 0 Å². The summed E-state index contributed by atoms with van der Waals surface area (Å²) in [4.78, 5) is 35.1. The summed E-state index contributed by atoms with van der Waals surface area (Å²) in [5.74, 6) is -2.18. The first-order chi connectivity index (χ1) is 16.4. The van der Waals surface area contributed by atoms with E-state index in [1.807, 2.05) is 0 Å². The molecule has 36 heavy (non-hydrogen) atoms. The number of carbonyl (C=O) groups excluding carboxylic acids is 1. The fraction of sp³-hybridized carbons (Fsp3) is 0.885. The maximum atomic E-state index is 12.0. The molecule has 10 heteroatoms. The van der Waals surface area contributed by atoms with Crippen molar-refractivity contribution in [3.05, 3.63) is 0 Å². The Morgan fingerprint density at radius 2 is 1.22 bits per heavy atom. The number of aliphatic carboxylic acids is 2. The number of nitrogens with one attached hydrogen (secondary N) is 1. The molecule has 0 aliphatic rings.